The van der Waals surface area contributed by atoms with Gasteiger partial charge in [-0.05, 0) is 29.7 Å². The molecule has 0 bridgehead atoms. The zero-order valence-electron chi connectivity index (χ0n) is 7.79. The summed E-state index contributed by atoms with van der Waals surface area (Å²) in [6.45, 7) is 4.01. The first-order valence-electron chi connectivity index (χ1n) is 4.21. The van der Waals surface area contributed by atoms with Crippen LogP contribution in [0.2, 0.25) is 0 Å². The summed E-state index contributed by atoms with van der Waals surface area (Å²) in [4.78, 5) is 0. The maximum absolute atomic E-state index is 8.73. The SMILES string of the molecule is C=C(CCO)c1cccc(OC)c1. The maximum atomic E-state index is 8.73. The Hall–Kier alpha value is -1.28. The van der Waals surface area contributed by atoms with E-state index < -0.39 is 0 Å². The zero-order valence-corrected chi connectivity index (χ0v) is 7.79. The van der Waals surface area contributed by atoms with Crippen LogP contribution in [0.1, 0.15) is 12.0 Å². The van der Waals surface area contributed by atoms with Crippen molar-refractivity contribution in [3.05, 3.63) is 36.4 Å². The Labute approximate surface area is 78.5 Å². The molecule has 0 atom stereocenters. The van der Waals surface area contributed by atoms with Gasteiger partial charge in [0.2, 0.25) is 0 Å². The van der Waals surface area contributed by atoms with Crippen LogP contribution in [0.25, 0.3) is 5.57 Å². The first-order valence-corrected chi connectivity index (χ1v) is 4.21. The van der Waals surface area contributed by atoms with Crippen LogP contribution >= 0.6 is 0 Å². The Balaban J connectivity index is 2.82. The highest BCUT2D eigenvalue weighted by Gasteiger charge is 1.99. The van der Waals surface area contributed by atoms with Crippen molar-refractivity contribution in [2.45, 2.75) is 6.42 Å². The highest BCUT2D eigenvalue weighted by atomic mass is 16.5. The van der Waals surface area contributed by atoms with E-state index >= 15 is 0 Å². The Bertz CT molecular complexity index is 292. The number of methoxy groups -OCH3 is 1. The van der Waals surface area contributed by atoms with Crippen molar-refractivity contribution in [2.24, 2.45) is 0 Å². The van der Waals surface area contributed by atoms with E-state index in [2.05, 4.69) is 6.58 Å². The van der Waals surface area contributed by atoms with Gasteiger partial charge in [0.1, 0.15) is 5.75 Å². The van der Waals surface area contributed by atoms with Crippen molar-refractivity contribution in [3.63, 3.8) is 0 Å². The van der Waals surface area contributed by atoms with Gasteiger partial charge >= 0.3 is 0 Å². The van der Waals surface area contributed by atoms with Crippen LogP contribution in [-0.2, 0) is 0 Å². The first kappa shape index (κ1) is 9.81. The quantitative estimate of drug-likeness (QED) is 0.765. The third-order valence-corrected chi connectivity index (χ3v) is 1.89. The summed E-state index contributed by atoms with van der Waals surface area (Å²) in [6.07, 6.45) is 0.604. The molecule has 0 aliphatic heterocycles. The van der Waals surface area contributed by atoms with E-state index in [0.29, 0.717) is 6.42 Å². The van der Waals surface area contributed by atoms with E-state index in [0.717, 1.165) is 16.9 Å². The lowest BCUT2D eigenvalue weighted by atomic mass is 10.1. The van der Waals surface area contributed by atoms with Crippen LogP contribution in [-0.4, -0.2) is 18.8 Å². The summed E-state index contributed by atoms with van der Waals surface area (Å²) < 4.78 is 5.08. The second kappa shape index (κ2) is 4.67. The maximum Gasteiger partial charge on any atom is 0.119 e. The van der Waals surface area contributed by atoms with Gasteiger partial charge in [-0.3, -0.25) is 0 Å². The molecule has 0 saturated heterocycles. The van der Waals surface area contributed by atoms with E-state index in [4.69, 9.17) is 9.84 Å². The van der Waals surface area contributed by atoms with E-state index in [1.54, 1.807) is 7.11 Å². The number of aliphatic hydroxyl groups excluding tert-OH is 1. The van der Waals surface area contributed by atoms with Gasteiger partial charge in [-0.1, -0.05) is 18.7 Å². The molecule has 13 heavy (non-hydrogen) atoms. The largest absolute Gasteiger partial charge is 0.497 e. The van der Waals surface area contributed by atoms with Crippen LogP contribution in [0.15, 0.2) is 30.8 Å². The molecule has 0 saturated carbocycles. The third kappa shape index (κ3) is 2.60. The monoisotopic (exact) mass is 178 g/mol. The fraction of sp³-hybridized carbons (Fsp3) is 0.273. The summed E-state index contributed by atoms with van der Waals surface area (Å²) in [7, 11) is 1.63. The Morgan fingerprint density at radius 1 is 1.54 bits per heavy atom. The lowest BCUT2D eigenvalue weighted by Crippen LogP contribution is -1.89. The summed E-state index contributed by atoms with van der Waals surface area (Å²) >= 11 is 0. The molecule has 0 aromatic heterocycles. The number of aliphatic hydroxyl groups is 1. The smallest absolute Gasteiger partial charge is 0.119 e. The van der Waals surface area contributed by atoms with Crippen molar-refractivity contribution in [1.82, 2.24) is 0 Å². The molecule has 1 N–H and O–H groups in total. The molecule has 1 rings (SSSR count). The molecular weight excluding hydrogens is 164 g/mol. The summed E-state index contributed by atoms with van der Waals surface area (Å²) in [5.41, 5.74) is 1.95. The van der Waals surface area contributed by atoms with Gasteiger partial charge in [0.25, 0.3) is 0 Å². The summed E-state index contributed by atoms with van der Waals surface area (Å²) in [6, 6.07) is 7.67. The topological polar surface area (TPSA) is 29.5 Å². The van der Waals surface area contributed by atoms with Crippen LogP contribution in [0.4, 0.5) is 0 Å². The molecule has 0 amide bonds. The highest BCUT2D eigenvalue weighted by Crippen LogP contribution is 2.20. The number of hydrogen-bond donors (Lipinski definition) is 1. The molecule has 0 fully saturated rings. The van der Waals surface area contributed by atoms with Crippen molar-refractivity contribution in [3.8, 4) is 5.75 Å². The second-order valence-electron chi connectivity index (χ2n) is 2.81. The molecule has 1 aromatic rings. The standard InChI is InChI=1S/C11H14O2/c1-9(6-7-12)10-4-3-5-11(8-10)13-2/h3-5,8,12H,1,6-7H2,2H3. The van der Waals surface area contributed by atoms with E-state index in [-0.39, 0.29) is 6.61 Å². The molecule has 0 heterocycles. The van der Waals surface area contributed by atoms with E-state index in [1.165, 1.54) is 0 Å². The number of ether oxygens (including phenoxy) is 1. The molecule has 0 spiro atoms. The second-order valence-corrected chi connectivity index (χ2v) is 2.81. The van der Waals surface area contributed by atoms with Gasteiger partial charge in [-0.25, -0.2) is 0 Å². The minimum Gasteiger partial charge on any atom is -0.497 e. The third-order valence-electron chi connectivity index (χ3n) is 1.89. The van der Waals surface area contributed by atoms with Crippen LogP contribution < -0.4 is 4.74 Å². The van der Waals surface area contributed by atoms with E-state index in [9.17, 15) is 0 Å². The fourth-order valence-corrected chi connectivity index (χ4v) is 1.12. The van der Waals surface area contributed by atoms with Gasteiger partial charge in [0.15, 0.2) is 0 Å². The molecule has 2 heteroatoms. The van der Waals surface area contributed by atoms with Crippen LogP contribution in [0, 0.1) is 0 Å². The average molecular weight is 178 g/mol. The van der Waals surface area contributed by atoms with Gasteiger partial charge in [0.05, 0.1) is 7.11 Å². The predicted octanol–water partition coefficient (Wildman–Crippen LogP) is 2.09. The van der Waals surface area contributed by atoms with Gasteiger partial charge < -0.3 is 9.84 Å². The van der Waals surface area contributed by atoms with Crippen molar-refractivity contribution < 1.29 is 9.84 Å². The molecule has 0 aliphatic carbocycles. The minimum absolute atomic E-state index is 0.135. The Kier molecular flexibility index (Phi) is 3.53. The molecule has 0 radical (unpaired) electrons. The Morgan fingerprint density at radius 2 is 2.31 bits per heavy atom. The average Bonchev–Trinajstić information content (AvgIpc) is 2.18. The van der Waals surface area contributed by atoms with Crippen LogP contribution in [0.3, 0.4) is 0 Å². The van der Waals surface area contributed by atoms with Crippen molar-refractivity contribution >= 4 is 5.57 Å². The zero-order chi connectivity index (χ0) is 9.68. The predicted molar refractivity (Wildman–Crippen MR) is 53.7 cm³/mol. The molecule has 0 aliphatic rings. The molecule has 1 aromatic carbocycles. The van der Waals surface area contributed by atoms with Gasteiger partial charge in [-0.2, -0.15) is 0 Å². The lowest BCUT2D eigenvalue weighted by molar-refractivity contribution is 0.305. The summed E-state index contributed by atoms with van der Waals surface area (Å²) in [5.74, 6) is 0.816. The van der Waals surface area contributed by atoms with Gasteiger partial charge in [0, 0.05) is 6.61 Å². The first-order chi connectivity index (χ1) is 6.27. The van der Waals surface area contributed by atoms with Gasteiger partial charge in [-0.15, -0.1) is 0 Å². The van der Waals surface area contributed by atoms with Crippen molar-refractivity contribution in [2.75, 3.05) is 13.7 Å². The Morgan fingerprint density at radius 3 is 2.92 bits per heavy atom. The van der Waals surface area contributed by atoms with Crippen molar-refractivity contribution in [1.29, 1.82) is 0 Å². The minimum atomic E-state index is 0.135. The fourth-order valence-electron chi connectivity index (χ4n) is 1.12. The van der Waals surface area contributed by atoms with E-state index in [1.807, 2.05) is 24.3 Å². The normalized spacial score (nSPS) is 9.69. The molecule has 0 unspecified atom stereocenters. The number of benzene rings is 1. The van der Waals surface area contributed by atoms with Crippen LogP contribution in [0.5, 0.6) is 5.75 Å². The highest BCUT2D eigenvalue weighted by molar-refractivity contribution is 5.64. The molecular formula is C11H14O2. The number of rotatable bonds is 4. The summed E-state index contributed by atoms with van der Waals surface area (Å²) in [5, 5.41) is 8.73. The lowest BCUT2D eigenvalue weighted by Gasteiger charge is -2.05. The molecule has 2 nitrogen and oxygen atoms in total. The molecule has 70 valence electrons. The number of hydrogen-bond acceptors (Lipinski definition) is 2.